The van der Waals surface area contributed by atoms with Crippen LogP contribution in [0.2, 0.25) is 0 Å². The van der Waals surface area contributed by atoms with E-state index >= 15 is 0 Å². The van der Waals surface area contributed by atoms with Crippen LogP contribution in [0.15, 0.2) is 45.3 Å². The molecule has 1 aromatic heterocycles. The first-order chi connectivity index (χ1) is 8.65. The Hall–Kier alpha value is -1.81. The highest BCUT2D eigenvalue weighted by Gasteiger charge is 2.12. The molecule has 0 aliphatic carbocycles. The van der Waals surface area contributed by atoms with E-state index in [1.54, 1.807) is 0 Å². The molecule has 3 nitrogen and oxygen atoms in total. The monoisotopic (exact) mass is 302 g/mol. The summed E-state index contributed by atoms with van der Waals surface area (Å²) in [4.78, 5) is 4.50. The van der Waals surface area contributed by atoms with Gasteiger partial charge in [-0.05, 0) is 58.7 Å². The number of nitrogen functional groups attached to an aromatic ring is 1. The standard InChI is InChI=1S/C14H11BrN2O/c1-8-7-9(16)5-6-10(8)14-17-12-4-2-3-11(15)13(12)18-14/h2-7H,16H2,1H3. The Labute approximate surface area is 113 Å². The lowest BCUT2D eigenvalue weighted by atomic mass is 10.1. The molecular weight excluding hydrogens is 292 g/mol. The van der Waals surface area contributed by atoms with Gasteiger partial charge in [0.15, 0.2) is 5.58 Å². The van der Waals surface area contributed by atoms with Crippen molar-refractivity contribution in [2.75, 3.05) is 5.73 Å². The van der Waals surface area contributed by atoms with Gasteiger partial charge in [0.25, 0.3) is 0 Å². The maximum Gasteiger partial charge on any atom is 0.227 e. The van der Waals surface area contributed by atoms with Crippen LogP contribution in [0.4, 0.5) is 5.69 Å². The first-order valence-corrected chi connectivity index (χ1v) is 6.36. The van der Waals surface area contributed by atoms with Gasteiger partial charge in [0.2, 0.25) is 5.89 Å². The third-order valence-corrected chi connectivity index (χ3v) is 3.47. The molecule has 0 amide bonds. The van der Waals surface area contributed by atoms with Crippen molar-refractivity contribution in [3.05, 3.63) is 46.4 Å². The minimum atomic E-state index is 0.620. The molecule has 0 saturated heterocycles. The summed E-state index contributed by atoms with van der Waals surface area (Å²) in [5, 5.41) is 0. The van der Waals surface area contributed by atoms with E-state index in [1.165, 1.54) is 0 Å². The van der Waals surface area contributed by atoms with E-state index in [-0.39, 0.29) is 0 Å². The van der Waals surface area contributed by atoms with Gasteiger partial charge in [0.1, 0.15) is 5.52 Å². The van der Waals surface area contributed by atoms with Gasteiger partial charge < -0.3 is 10.2 Å². The predicted molar refractivity (Wildman–Crippen MR) is 76.3 cm³/mol. The van der Waals surface area contributed by atoms with E-state index in [0.29, 0.717) is 5.89 Å². The van der Waals surface area contributed by atoms with Gasteiger partial charge in [-0.2, -0.15) is 0 Å². The van der Waals surface area contributed by atoms with E-state index in [2.05, 4.69) is 20.9 Å². The predicted octanol–water partition coefficient (Wildman–Crippen LogP) is 4.15. The lowest BCUT2D eigenvalue weighted by Crippen LogP contribution is -1.88. The number of oxazole rings is 1. The normalized spacial score (nSPS) is 11.0. The molecular formula is C14H11BrN2O. The van der Waals surface area contributed by atoms with Crippen LogP contribution in [0.1, 0.15) is 5.56 Å². The maximum atomic E-state index is 5.81. The van der Waals surface area contributed by atoms with Gasteiger partial charge in [0, 0.05) is 11.3 Å². The number of aryl methyl sites for hydroxylation is 1. The van der Waals surface area contributed by atoms with Gasteiger partial charge in [-0.15, -0.1) is 0 Å². The van der Waals surface area contributed by atoms with Crippen molar-refractivity contribution >= 4 is 32.7 Å². The van der Waals surface area contributed by atoms with E-state index in [0.717, 1.165) is 32.4 Å². The molecule has 0 saturated carbocycles. The fourth-order valence-electron chi connectivity index (χ4n) is 1.96. The van der Waals surface area contributed by atoms with Crippen molar-refractivity contribution in [3.63, 3.8) is 0 Å². The summed E-state index contributed by atoms with van der Waals surface area (Å²) in [6.07, 6.45) is 0. The lowest BCUT2D eigenvalue weighted by molar-refractivity contribution is 0.617. The molecule has 3 aromatic rings. The largest absolute Gasteiger partial charge is 0.435 e. The Morgan fingerprint density at radius 3 is 2.78 bits per heavy atom. The minimum absolute atomic E-state index is 0.620. The topological polar surface area (TPSA) is 52.0 Å². The molecule has 0 fully saturated rings. The number of para-hydroxylation sites is 1. The summed E-state index contributed by atoms with van der Waals surface area (Å²) in [5.41, 5.74) is 10.1. The van der Waals surface area contributed by atoms with Crippen LogP contribution >= 0.6 is 15.9 Å². The molecule has 18 heavy (non-hydrogen) atoms. The zero-order valence-electron chi connectivity index (χ0n) is 9.77. The molecule has 90 valence electrons. The van der Waals surface area contributed by atoms with E-state index in [1.807, 2.05) is 43.3 Å². The van der Waals surface area contributed by atoms with E-state index < -0.39 is 0 Å². The highest BCUT2D eigenvalue weighted by atomic mass is 79.9. The molecule has 4 heteroatoms. The highest BCUT2D eigenvalue weighted by molar-refractivity contribution is 9.10. The van der Waals surface area contributed by atoms with Gasteiger partial charge in [-0.3, -0.25) is 0 Å². The fraction of sp³-hybridized carbons (Fsp3) is 0.0714. The van der Waals surface area contributed by atoms with Crippen molar-refractivity contribution in [2.45, 2.75) is 6.92 Å². The molecule has 0 radical (unpaired) electrons. The second kappa shape index (κ2) is 4.14. The molecule has 0 aliphatic rings. The number of anilines is 1. The van der Waals surface area contributed by atoms with Crippen molar-refractivity contribution < 1.29 is 4.42 Å². The molecule has 0 aliphatic heterocycles. The molecule has 2 N–H and O–H groups in total. The van der Waals surface area contributed by atoms with Gasteiger partial charge in [-0.1, -0.05) is 6.07 Å². The highest BCUT2D eigenvalue weighted by Crippen LogP contribution is 2.31. The maximum absolute atomic E-state index is 5.81. The number of rotatable bonds is 1. The van der Waals surface area contributed by atoms with Crippen LogP contribution in [-0.2, 0) is 0 Å². The summed E-state index contributed by atoms with van der Waals surface area (Å²) in [7, 11) is 0. The van der Waals surface area contributed by atoms with Crippen LogP contribution in [0.25, 0.3) is 22.6 Å². The Balaban J connectivity index is 2.23. The number of fused-ring (bicyclic) bond motifs is 1. The van der Waals surface area contributed by atoms with Crippen LogP contribution in [-0.4, -0.2) is 4.98 Å². The number of benzene rings is 2. The van der Waals surface area contributed by atoms with Crippen molar-refractivity contribution in [3.8, 4) is 11.5 Å². The Morgan fingerprint density at radius 2 is 2.06 bits per heavy atom. The van der Waals surface area contributed by atoms with Gasteiger partial charge in [0.05, 0.1) is 4.47 Å². The van der Waals surface area contributed by atoms with Crippen LogP contribution in [0, 0.1) is 6.92 Å². The number of nitrogens with zero attached hydrogens (tertiary/aromatic N) is 1. The quantitative estimate of drug-likeness (QED) is 0.687. The Bertz CT molecular complexity index is 734. The number of halogens is 1. The van der Waals surface area contributed by atoms with Gasteiger partial charge >= 0.3 is 0 Å². The lowest BCUT2D eigenvalue weighted by Gasteiger charge is -2.01. The molecule has 0 atom stereocenters. The first-order valence-electron chi connectivity index (χ1n) is 5.57. The third kappa shape index (κ3) is 1.78. The zero-order chi connectivity index (χ0) is 12.7. The number of hydrogen-bond acceptors (Lipinski definition) is 3. The van der Waals surface area contributed by atoms with Crippen LogP contribution in [0.5, 0.6) is 0 Å². The second-order valence-electron chi connectivity index (χ2n) is 4.18. The summed E-state index contributed by atoms with van der Waals surface area (Å²) in [6, 6.07) is 11.5. The van der Waals surface area contributed by atoms with Crippen molar-refractivity contribution in [1.29, 1.82) is 0 Å². The SMILES string of the molecule is Cc1cc(N)ccc1-c1nc2cccc(Br)c2o1. The molecule has 3 rings (SSSR count). The van der Waals surface area contributed by atoms with Crippen molar-refractivity contribution in [1.82, 2.24) is 4.98 Å². The smallest absolute Gasteiger partial charge is 0.227 e. The molecule has 1 heterocycles. The van der Waals surface area contributed by atoms with Gasteiger partial charge in [-0.25, -0.2) is 4.98 Å². The number of hydrogen-bond donors (Lipinski definition) is 1. The fourth-order valence-corrected chi connectivity index (χ4v) is 2.39. The average Bonchev–Trinajstić information content (AvgIpc) is 2.74. The second-order valence-corrected chi connectivity index (χ2v) is 5.04. The summed E-state index contributed by atoms with van der Waals surface area (Å²) in [6.45, 7) is 2.00. The molecule has 2 aromatic carbocycles. The molecule has 0 unspecified atom stereocenters. The Kier molecular flexibility index (Phi) is 2.59. The average molecular weight is 303 g/mol. The molecule has 0 bridgehead atoms. The van der Waals surface area contributed by atoms with Crippen LogP contribution < -0.4 is 5.73 Å². The van der Waals surface area contributed by atoms with E-state index in [4.69, 9.17) is 10.2 Å². The van der Waals surface area contributed by atoms with E-state index in [9.17, 15) is 0 Å². The minimum Gasteiger partial charge on any atom is -0.435 e. The number of aromatic nitrogens is 1. The summed E-state index contributed by atoms with van der Waals surface area (Å²) in [5.74, 6) is 0.620. The third-order valence-electron chi connectivity index (χ3n) is 2.85. The first kappa shape index (κ1) is 11.3. The van der Waals surface area contributed by atoms with Crippen molar-refractivity contribution in [2.24, 2.45) is 0 Å². The Morgan fingerprint density at radius 1 is 1.22 bits per heavy atom. The molecule has 0 spiro atoms. The summed E-state index contributed by atoms with van der Waals surface area (Å²) < 4.78 is 6.72. The zero-order valence-corrected chi connectivity index (χ0v) is 11.4. The number of nitrogens with two attached hydrogens (primary N) is 1. The summed E-state index contributed by atoms with van der Waals surface area (Å²) >= 11 is 3.46. The van der Waals surface area contributed by atoms with Crippen LogP contribution in [0.3, 0.4) is 0 Å².